The highest BCUT2D eigenvalue weighted by atomic mass is 79.9. The van der Waals surface area contributed by atoms with Crippen molar-refractivity contribution in [2.24, 2.45) is 0 Å². The predicted molar refractivity (Wildman–Crippen MR) is 103 cm³/mol. The first-order valence-corrected chi connectivity index (χ1v) is 8.84. The maximum absolute atomic E-state index is 6.18. The van der Waals surface area contributed by atoms with Crippen LogP contribution in [-0.4, -0.2) is 13.7 Å². The summed E-state index contributed by atoms with van der Waals surface area (Å²) in [6, 6.07) is 9.27. The lowest BCUT2D eigenvalue weighted by molar-refractivity contribution is 0.282. The smallest absolute Gasteiger partial charge is 0.175 e. The molecule has 0 radical (unpaired) electrons. The molecule has 2 aromatic carbocycles. The molecule has 0 aromatic heterocycles. The van der Waals surface area contributed by atoms with Gasteiger partial charge in [0.2, 0.25) is 0 Å². The Hall–Kier alpha value is -1.20. The van der Waals surface area contributed by atoms with Gasteiger partial charge in [-0.05, 0) is 45.8 Å². The van der Waals surface area contributed by atoms with Crippen molar-refractivity contribution in [1.82, 2.24) is 5.32 Å². The van der Waals surface area contributed by atoms with Crippen molar-refractivity contribution in [2.45, 2.75) is 13.2 Å². The number of benzene rings is 2. The summed E-state index contributed by atoms with van der Waals surface area (Å²) in [5.74, 6) is 1.29. The minimum atomic E-state index is 0.318. The van der Waals surface area contributed by atoms with Crippen LogP contribution in [0.5, 0.6) is 11.5 Å². The fourth-order valence-electron chi connectivity index (χ4n) is 2.12. The van der Waals surface area contributed by atoms with Crippen LogP contribution in [0, 0.1) is 0 Å². The molecule has 1 N–H and O–H groups in total. The summed E-state index contributed by atoms with van der Waals surface area (Å²) >= 11 is 15.6. The molecule has 24 heavy (non-hydrogen) atoms. The Morgan fingerprint density at radius 3 is 2.71 bits per heavy atom. The van der Waals surface area contributed by atoms with E-state index in [4.69, 9.17) is 32.7 Å². The maximum atomic E-state index is 6.18. The molecular formula is C18H18BrCl2NO2. The quantitative estimate of drug-likeness (QED) is 0.435. The summed E-state index contributed by atoms with van der Waals surface area (Å²) in [5.41, 5.74) is 1.93. The Labute approximate surface area is 160 Å². The zero-order valence-corrected chi connectivity index (χ0v) is 16.3. The topological polar surface area (TPSA) is 30.5 Å². The van der Waals surface area contributed by atoms with E-state index in [0.29, 0.717) is 34.7 Å². The SMILES string of the molecule is C=CCNCc1cc(Br)c(OCc2ccc(Cl)cc2Cl)c(OC)c1. The normalized spacial score (nSPS) is 10.5. The van der Waals surface area contributed by atoms with Gasteiger partial charge < -0.3 is 14.8 Å². The van der Waals surface area contributed by atoms with E-state index in [9.17, 15) is 0 Å². The van der Waals surface area contributed by atoms with Crippen LogP contribution in [0.25, 0.3) is 0 Å². The van der Waals surface area contributed by atoms with Crippen LogP contribution in [0.2, 0.25) is 10.0 Å². The third kappa shape index (κ3) is 5.15. The molecule has 0 amide bonds. The molecule has 0 unspecified atom stereocenters. The number of rotatable bonds is 8. The average molecular weight is 431 g/mol. The van der Waals surface area contributed by atoms with E-state index >= 15 is 0 Å². The van der Waals surface area contributed by atoms with Crippen LogP contribution in [0.3, 0.4) is 0 Å². The van der Waals surface area contributed by atoms with Gasteiger partial charge in [-0.25, -0.2) is 0 Å². The number of halogens is 3. The van der Waals surface area contributed by atoms with E-state index in [1.54, 1.807) is 19.2 Å². The lowest BCUT2D eigenvalue weighted by atomic mass is 10.2. The summed E-state index contributed by atoms with van der Waals surface area (Å²) in [6.07, 6.45) is 1.82. The number of nitrogens with one attached hydrogen (secondary N) is 1. The molecule has 0 atom stereocenters. The van der Waals surface area contributed by atoms with Crippen LogP contribution in [-0.2, 0) is 13.2 Å². The molecular weight excluding hydrogens is 413 g/mol. The van der Waals surface area contributed by atoms with Gasteiger partial charge in [-0.15, -0.1) is 6.58 Å². The van der Waals surface area contributed by atoms with Crippen molar-refractivity contribution < 1.29 is 9.47 Å². The van der Waals surface area contributed by atoms with Crippen LogP contribution < -0.4 is 14.8 Å². The first-order chi connectivity index (χ1) is 11.5. The molecule has 2 aromatic rings. The zero-order valence-electron chi connectivity index (χ0n) is 13.2. The highest BCUT2D eigenvalue weighted by molar-refractivity contribution is 9.10. The third-order valence-corrected chi connectivity index (χ3v) is 4.47. The third-order valence-electron chi connectivity index (χ3n) is 3.29. The number of methoxy groups -OCH3 is 1. The van der Waals surface area contributed by atoms with Crippen LogP contribution in [0.15, 0.2) is 47.5 Å². The lowest BCUT2D eigenvalue weighted by Gasteiger charge is -2.15. The molecule has 128 valence electrons. The maximum Gasteiger partial charge on any atom is 0.175 e. The summed E-state index contributed by atoms with van der Waals surface area (Å²) in [7, 11) is 1.62. The average Bonchev–Trinajstić information content (AvgIpc) is 2.55. The van der Waals surface area contributed by atoms with E-state index in [0.717, 1.165) is 22.1 Å². The largest absolute Gasteiger partial charge is 0.493 e. The van der Waals surface area contributed by atoms with E-state index in [-0.39, 0.29) is 0 Å². The van der Waals surface area contributed by atoms with E-state index in [1.165, 1.54) is 0 Å². The summed E-state index contributed by atoms with van der Waals surface area (Å²) in [5, 5.41) is 4.42. The van der Waals surface area contributed by atoms with Gasteiger partial charge in [0.25, 0.3) is 0 Å². The second-order valence-corrected chi connectivity index (χ2v) is 6.75. The Bertz CT molecular complexity index is 722. The number of ether oxygens (including phenoxy) is 2. The van der Waals surface area contributed by atoms with Gasteiger partial charge in [-0.2, -0.15) is 0 Å². The molecule has 0 spiro atoms. The molecule has 0 saturated heterocycles. The molecule has 0 saturated carbocycles. The van der Waals surface area contributed by atoms with Crippen molar-refractivity contribution in [1.29, 1.82) is 0 Å². The first-order valence-electron chi connectivity index (χ1n) is 7.30. The van der Waals surface area contributed by atoms with Crippen LogP contribution in [0.4, 0.5) is 0 Å². The van der Waals surface area contributed by atoms with Gasteiger partial charge in [0.1, 0.15) is 6.61 Å². The highest BCUT2D eigenvalue weighted by Gasteiger charge is 2.13. The summed E-state index contributed by atoms with van der Waals surface area (Å²) < 4.78 is 12.2. The first kappa shape index (κ1) is 19.1. The van der Waals surface area contributed by atoms with Crippen molar-refractivity contribution in [3.05, 3.63) is 68.6 Å². The van der Waals surface area contributed by atoms with E-state index in [2.05, 4.69) is 27.8 Å². The molecule has 0 aliphatic carbocycles. The van der Waals surface area contributed by atoms with Gasteiger partial charge in [0.15, 0.2) is 11.5 Å². The van der Waals surface area contributed by atoms with Gasteiger partial charge in [-0.3, -0.25) is 0 Å². The molecule has 3 nitrogen and oxygen atoms in total. The number of hydrogen-bond donors (Lipinski definition) is 1. The molecule has 0 bridgehead atoms. The van der Waals surface area contributed by atoms with Gasteiger partial charge >= 0.3 is 0 Å². The Balaban J connectivity index is 2.15. The van der Waals surface area contributed by atoms with Crippen LogP contribution >= 0.6 is 39.1 Å². The summed E-state index contributed by atoms with van der Waals surface area (Å²) in [4.78, 5) is 0. The predicted octanol–water partition coefficient (Wildman–Crippen LogP) is 5.62. The summed E-state index contributed by atoms with van der Waals surface area (Å²) in [6.45, 7) is 5.46. The molecule has 0 fully saturated rings. The molecule has 6 heteroatoms. The fraction of sp³-hybridized carbons (Fsp3) is 0.222. The lowest BCUT2D eigenvalue weighted by Crippen LogP contribution is -2.12. The molecule has 0 aliphatic rings. The monoisotopic (exact) mass is 429 g/mol. The van der Waals surface area contributed by atoms with Gasteiger partial charge in [0.05, 0.1) is 11.6 Å². The van der Waals surface area contributed by atoms with Gasteiger partial charge in [-0.1, -0.05) is 35.3 Å². The fourth-order valence-corrected chi connectivity index (χ4v) is 3.19. The Morgan fingerprint density at radius 2 is 2.04 bits per heavy atom. The minimum Gasteiger partial charge on any atom is -0.493 e. The Kier molecular flexibility index (Phi) is 7.43. The van der Waals surface area contributed by atoms with Crippen molar-refractivity contribution in [3.8, 4) is 11.5 Å². The molecule has 2 rings (SSSR count). The second-order valence-electron chi connectivity index (χ2n) is 5.05. The molecule has 0 heterocycles. The number of hydrogen-bond acceptors (Lipinski definition) is 3. The second kappa shape index (κ2) is 9.33. The van der Waals surface area contributed by atoms with Crippen molar-refractivity contribution in [2.75, 3.05) is 13.7 Å². The zero-order chi connectivity index (χ0) is 17.5. The Morgan fingerprint density at radius 1 is 1.25 bits per heavy atom. The standard InChI is InChI=1S/C18H18BrCl2NO2/c1-3-6-22-10-12-7-15(19)18(17(8-12)23-2)24-11-13-4-5-14(20)9-16(13)21/h3-5,7-9,22H,1,6,10-11H2,2H3. The minimum absolute atomic E-state index is 0.318. The van der Waals surface area contributed by atoms with E-state index < -0.39 is 0 Å². The van der Waals surface area contributed by atoms with Crippen molar-refractivity contribution >= 4 is 39.1 Å². The van der Waals surface area contributed by atoms with Crippen molar-refractivity contribution in [3.63, 3.8) is 0 Å². The van der Waals surface area contributed by atoms with E-state index in [1.807, 2.05) is 24.3 Å². The van der Waals surface area contributed by atoms with Crippen LogP contribution in [0.1, 0.15) is 11.1 Å². The molecule has 0 aliphatic heterocycles. The van der Waals surface area contributed by atoms with Gasteiger partial charge in [0, 0.05) is 28.7 Å². The highest BCUT2D eigenvalue weighted by Crippen LogP contribution is 2.37.